The van der Waals surface area contributed by atoms with Gasteiger partial charge in [-0.05, 0) is 18.2 Å². The third kappa shape index (κ3) is 2.98. The van der Waals surface area contributed by atoms with Crippen LogP contribution in [0.4, 0.5) is 13.2 Å². The zero-order valence-electron chi connectivity index (χ0n) is 7.58. The molecule has 0 atom stereocenters. The van der Waals surface area contributed by atoms with Crippen molar-refractivity contribution in [1.29, 1.82) is 0 Å². The first-order valence-corrected chi connectivity index (χ1v) is 4.90. The van der Waals surface area contributed by atoms with Crippen molar-refractivity contribution in [1.82, 2.24) is 4.98 Å². The van der Waals surface area contributed by atoms with Crippen LogP contribution in [0.5, 0.6) is 0 Å². The van der Waals surface area contributed by atoms with E-state index in [0.29, 0.717) is 4.70 Å². The van der Waals surface area contributed by atoms with E-state index in [1.807, 2.05) is 0 Å². The summed E-state index contributed by atoms with van der Waals surface area (Å²) in [7, 11) is 0. The van der Waals surface area contributed by atoms with Gasteiger partial charge < -0.3 is 5.11 Å². The van der Waals surface area contributed by atoms with E-state index in [0.717, 1.165) is 23.5 Å². The van der Waals surface area contributed by atoms with Crippen molar-refractivity contribution in [3.8, 4) is 0 Å². The van der Waals surface area contributed by atoms with Gasteiger partial charge in [0.05, 0.1) is 15.8 Å². The number of carboxylic acid groups (broad SMARTS) is 1. The Bertz CT molecular complexity index is 567. The average Bonchev–Trinajstić information content (AvgIpc) is 2.58. The van der Waals surface area contributed by atoms with Crippen molar-refractivity contribution >= 4 is 57.1 Å². The first kappa shape index (κ1) is 14.4. The normalized spacial score (nSPS) is 11.2. The number of benzene rings is 1. The SMILES string of the molecule is O=C(O)c1nc2cc(C(F)(F)F)ccc2s1.[NaH]. The molecule has 8 heteroatoms. The van der Waals surface area contributed by atoms with E-state index in [-0.39, 0.29) is 40.1 Å². The summed E-state index contributed by atoms with van der Waals surface area (Å²) in [5, 5.41) is 8.43. The Morgan fingerprint density at radius 3 is 2.53 bits per heavy atom. The van der Waals surface area contributed by atoms with Crippen molar-refractivity contribution in [3.63, 3.8) is 0 Å². The molecule has 3 nitrogen and oxygen atoms in total. The zero-order valence-corrected chi connectivity index (χ0v) is 8.39. The first-order chi connectivity index (χ1) is 7.38. The second kappa shape index (κ2) is 4.93. The number of carbonyl (C=O) groups is 1. The minimum absolute atomic E-state index is 0. The summed E-state index contributed by atoms with van der Waals surface area (Å²) in [4.78, 5) is 14.2. The van der Waals surface area contributed by atoms with Crippen molar-refractivity contribution in [2.45, 2.75) is 6.18 Å². The number of nitrogens with zero attached hydrogens (tertiary/aromatic N) is 1. The molecule has 2 aromatic rings. The number of aromatic carboxylic acids is 1. The first-order valence-electron chi connectivity index (χ1n) is 4.09. The molecule has 0 aliphatic carbocycles. The van der Waals surface area contributed by atoms with Crippen molar-refractivity contribution < 1.29 is 23.1 Å². The van der Waals surface area contributed by atoms with Crippen LogP contribution in [-0.2, 0) is 6.18 Å². The molecule has 1 aromatic carbocycles. The quantitative estimate of drug-likeness (QED) is 0.810. The summed E-state index contributed by atoms with van der Waals surface area (Å²) >= 11 is 0.847. The number of carboxylic acids is 1. The standard InChI is InChI=1S/C9H4F3NO2S.Na.H/c10-9(11,12)4-1-2-6-5(3-4)13-7(16-6)8(14)15;;/h1-3H,(H,14,15);;. The molecule has 17 heavy (non-hydrogen) atoms. The van der Waals surface area contributed by atoms with E-state index in [1.54, 1.807) is 0 Å². The van der Waals surface area contributed by atoms with Gasteiger partial charge in [0.25, 0.3) is 0 Å². The van der Waals surface area contributed by atoms with Crippen LogP contribution < -0.4 is 0 Å². The van der Waals surface area contributed by atoms with Gasteiger partial charge in [0.2, 0.25) is 5.01 Å². The van der Waals surface area contributed by atoms with Crippen LogP contribution in [0.3, 0.4) is 0 Å². The molecule has 2 rings (SSSR count). The number of rotatable bonds is 1. The second-order valence-corrected chi connectivity index (χ2v) is 4.04. The van der Waals surface area contributed by atoms with Gasteiger partial charge in [-0.1, -0.05) is 0 Å². The summed E-state index contributed by atoms with van der Waals surface area (Å²) in [6.45, 7) is 0. The summed E-state index contributed by atoms with van der Waals surface area (Å²) in [5.41, 5.74) is -0.778. The van der Waals surface area contributed by atoms with Crippen LogP contribution in [-0.4, -0.2) is 45.6 Å². The Balaban J connectivity index is 0.00000144. The predicted molar refractivity (Wildman–Crippen MR) is 58.7 cm³/mol. The molecule has 0 saturated carbocycles. The Labute approximate surface area is 120 Å². The maximum atomic E-state index is 12.3. The third-order valence-corrected chi connectivity index (χ3v) is 2.92. The van der Waals surface area contributed by atoms with Gasteiger partial charge >= 0.3 is 41.7 Å². The monoisotopic (exact) mass is 271 g/mol. The fraction of sp³-hybridized carbons (Fsp3) is 0.111. The molecular weight excluding hydrogens is 266 g/mol. The molecule has 0 saturated heterocycles. The molecule has 0 aliphatic heterocycles. The van der Waals surface area contributed by atoms with E-state index < -0.39 is 17.7 Å². The molecule has 0 bridgehead atoms. The van der Waals surface area contributed by atoms with Crippen LogP contribution >= 0.6 is 11.3 Å². The molecule has 0 spiro atoms. The summed E-state index contributed by atoms with van der Waals surface area (Å²) < 4.78 is 37.4. The van der Waals surface area contributed by atoms with Crippen LogP contribution in [0.15, 0.2) is 18.2 Å². The number of alkyl halides is 3. The van der Waals surface area contributed by atoms with E-state index >= 15 is 0 Å². The summed E-state index contributed by atoms with van der Waals surface area (Å²) in [6, 6.07) is 2.98. The van der Waals surface area contributed by atoms with Gasteiger partial charge in [-0.25, -0.2) is 9.78 Å². The molecule has 86 valence electrons. The van der Waals surface area contributed by atoms with E-state index in [1.165, 1.54) is 6.07 Å². The number of aromatic nitrogens is 1. The average molecular weight is 271 g/mol. The number of thiazole rings is 1. The van der Waals surface area contributed by atoms with Crippen molar-refractivity contribution in [3.05, 3.63) is 28.8 Å². The number of hydrogen-bond donors (Lipinski definition) is 1. The molecule has 0 amide bonds. The number of fused-ring (bicyclic) bond motifs is 1. The van der Waals surface area contributed by atoms with Crippen molar-refractivity contribution in [2.24, 2.45) is 0 Å². The molecule has 0 aliphatic rings. The van der Waals surface area contributed by atoms with E-state index in [2.05, 4.69) is 4.98 Å². The molecular formula is C9H5F3NNaO2S. The second-order valence-electron chi connectivity index (χ2n) is 3.00. The Morgan fingerprint density at radius 1 is 1.35 bits per heavy atom. The minimum atomic E-state index is -4.44. The van der Waals surface area contributed by atoms with Gasteiger partial charge in [-0.2, -0.15) is 13.2 Å². The number of hydrogen-bond acceptors (Lipinski definition) is 3. The molecule has 0 unspecified atom stereocenters. The Kier molecular flexibility index (Phi) is 4.19. The van der Waals surface area contributed by atoms with Crippen LogP contribution in [0.2, 0.25) is 0 Å². The molecule has 1 heterocycles. The fourth-order valence-electron chi connectivity index (χ4n) is 1.20. The van der Waals surface area contributed by atoms with Gasteiger partial charge in [-0.15, -0.1) is 11.3 Å². The summed E-state index contributed by atoms with van der Waals surface area (Å²) in [5.74, 6) is -1.24. The van der Waals surface area contributed by atoms with Crippen molar-refractivity contribution in [2.75, 3.05) is 0 Å². The third-order valence-electron chi connectivity index (χ3n) is 1.90. The predicted octanol–water partition coefficient (Wildman–Crippen LogP) is 2.36. The van der Waals surface area contributed by atoms with Gasteiger partial charge in [0.15, 0.2) is 0 Å². The summed E-state index contributed by atoms with van der Waals surface area (Å²) in [6.07, 6.45) is -4.44. The molecule has 0 fully saturated rings. The Hall–Kier alpha value is -0.630. The van der Waals surface area contributed by atoms with Crippen LogP contribution in [0.25, 0.3) is 10.2 Å². The maximum absolute atomic E-state index is 12.3. The molecule has 1 N–H and O–H groups in total. The van der Waals surface area contributed by atoms with E-state index in [9.17, 15) is 18.0 Å². The fourth-order valence-corrected chi connectivity index (χ4v) is 1.98. The zero-order chi connectivity index (χ0) is 11.9. The molecule has 1 aromatic heterocycles. The van der Waals surface area contributed by atoms with Crippen LogP contribution in [0, 0.1) is 0 Å². The van der Waals surface area contributed by atoms with Crippen LogP contribution in [0.1, 0.15) is 15.4 Å². The van der Waals surface area contributed by atoms with Gasteiger partial charge in [-0.3, -0.25) is 0 Å². The van der Waals surface area contributed by atoms with Gasteiger partial charge in [0, 0.05) is 0 Å². The molecule has 0 radical (unpaired) electrons. The van der Waals surface area contributed by atoms with Gasteiger partial charge in [0.1, 0.15) is 0 Å². The topological polar surface area (TPSA) is 50.2 Å². The Morgan fingerprint density at radius 2 is 2.00 bits per heavy atom. The van der Waals surface area contributed by atoms with E-state index in [4.69, 9.17) is 5.11 Å². The number of halogens is 3.